The van der Waals surface area contributed by atoms with Crippen LogP contribution in [0.25, 0.3) is 0 Å². The molecule has 0 bridgehead atoms. The Morgan fingerprint density at radius 1 is 1.31 bits per heavy atom. The lowest BCUT2D eigenvalue weighted by Gasteiger charge is -2.10. The Bertz CT molecular complexity index is 289. The highest BCUT2D eigenvalue weighted by molar-refractivity contribution is 5.29. The van der Waals surface area contributed by atoms with Gasteiger partial charge in [0, 0.05) is 24.5 Å². The summed E-state index contributed by atoms with van der Waals surface area (Å²) in [7, 11) is 0. The minimum absolute atomic E-state index is 0.803. The van der Waals surface area contributed by atoms with Gasteiger partial charge in [-0.05, 0) is 19.0 Å². The molecule has 1 aromatic rings. The maximum Gasteiger partial charge on any atom is 0.126 e. The first-order chi connectivity index (χ1) is 7.88. The Morgan fingerprint density at radius 3 is 2.94 bits per heavy atom. The molecule has 90 valence electrons. The van der Waals surface area contributed by atoms with Gasteiger partial charge in [0.2, 0.25) is 0 Å². The van der Waals surface area contributed by atoms with Gasteiger partial charge in [-0.2, -0.15) is 0 Å². The molecule has 16 heavy (non-hydrogen) atoms. The maximum absolute atomic E-state index is 5.76. The van der Waals surface area contributed by atoms with E-state index in [0.29, 0.717) is 0 Å². The summed E-state index contributed by atoms with van der Waals surface area (Å²) < 4.78 is 5.76. The number of nitrogens with one attached hydrogen (secondary N) is 1. The molecule has 0 atom stereocenters. The van der Waals surface area contributed by atoms with Crippen molar-refractivity contribution in [1.29, 1.82) is 0 Å². The first-order valence-corrected chi connectivity index (χ1v) is 6.14. The van der Waals surface area contributed by atoms with E-state index >= 15 is 0 Å². The van der Waals surface area contributed by atoms with Crippen molar-refractivity contribution in [2.75, 3.05) is 13.2 Å². The highest BCUT2D eigenvalue weighted by atomic mass is 16.5. The number of hydrogen-bond donors (Lipinski definition) is 1. The van der Waals surface area contributed by atoms with Crippen LogP contribution >= 0.6 is 0 Å². The number of aromatic nitrogens is 1. The van der Waals surface area contributed by atoms with Crippen LogP contribution in [0.1, 0.15) is 38.7 Å². The van der Waals surface area contributed by atoms with Gasteiger partial charge in [0.15, 0.2) is 0 Å². The first kappa shape index (κ1) is 13.0. The van der Waals surface area contributed by atoms with Crippen molar-refractivity contribution in [3.05, 3.63) is 24.0 Å². The summed E-state index contributed by atoms with van der Waals surface area (Å²) in [6.45, 7) is 6.88. The minimum atomic E-state index is 0.803. The Labute approximate surface area is 98.2 Å². The molecule has 0 aromatic carbocycles. The molecular weight excluding hydrogens is 200 g/mol. The predicted octanol–water partition coefficient (Wildman–Crippen LogP) is 2.76. The molecule has 0 radical (unpaired) electrons. The van der Waals surface area contributed by atoms with E-state index in [0.717, 1.165) is 37.4 Å². The predicted molar refractivity (Wildman–Crippen MR) is 66.6 cm³/mol. The van der Waals surface area contributed by atoms with Crippen molar-refractivity contribution < 1.29 is 4.74 Å². The Morgan fingerprint density at radius 2 is 2.19 bits per heavy atom. The van der Waals surface area contributed by atoms with E-state index in [1.807, 2.05) is 12.3 Å². The molecule has 0 aliphatic heterocycles. The van der Waals surface area contributed by atoms with Crippen LogP contribution in [0.15, 0.2) is 18.5 Å². The molecule has 0 spiro atoms. The fourth-order valence-electron chi connectivity index (χ4n) is 1.48. The van der Waals surface area contributed by atoms with Crippen LogP contribution in [-0.4, -0.2) is 18.1 Å². The lowest BCUT2D eigenvalue weighted by atomic mass is 10.2. The lowest BCUT2D eigenvalue weighted by molar-refractivity contribution is 0.302. The molecule has 3 nitrogen and oxygen atoms in total. The van der Waals surface area contributed by atoms with E-state index in [1.54, 1.807) is 6.20 Å². The van der Waals surface area contributed by atoms with Gasteiger partial charge in [0.25, 0.3) is 0 Å². The second kappa shape index (κ2) is 8.11. The SMILES string of the molecule is CCCCCOc1ccncc1CNCC. The summed E-state index contributed by atoms with van der Waals surface area (Å²) in [4.78, 5) is 4.12. The number of ether oxygens (including phenoxy) is 1. The van der Waals surface area contributed by atoms with E-state index in [2.05, 4.69) is 24.1 Å². The van der Waals surface area contributed by atoms with Crippen molar-refractivity contribution in [2.24, 2.45) is 0 Å². The maximum atomic E-state index is 5.76. The molecule has 3 heteroatoms. The molecule has 0 aliphatic rings. The average Bonchev–Trinajstić information content (AvgIpc) is 2.33. The zero-order valence-corrected chi connectivity index (χ0v) is 10.3. The number of nitrogens with zero attached hydrogens (tertiary/aromatic N) is 1. The molecule has 1 N–H and O–H groups in total. The van der Waals surface area contributed by atoms with E-state index < -0.39 is 0 Å². The molecule has 0 amide bonds. The smallest absolute Gasteiger partial charge is 0.126 e. The molecule has 1 heterocycles. The molecule has 0 unspecified atom stereocenters. The third kappa shape index (κ3) is 4.62. The molecule has 0 saturated heterocycles. The van der Waals surface area contributed by atoms with Gasteiger partial charge in [-0.1, -0.05) is 26.7 Å². The van der Waals surface area contributed by atoms with Gasteiger partial charge in [0.1, 0.15) is 5.75 Å². The Hall–Kier alpha value is -1.09. The molecule has 0 fully saturated rings. The van der Waals surface area contributed by atoms with Crippen molar-refractivity contribution in [3.8, 4) is 5.75 Å². The molecule has 1 aromatic heterocycles. The van der Waals surface area contributed by atoms with Gasteiger partial charge in [-0.15, -0.1) is 0 Å². The highest BCUT2D eigenvalue weighted by Gasteiger charge is 2.02. The van der Waals surface area contributed by atoms with E-state index in [1.165, 1.54) is 12.8 Å². The standard InChI is InChI=1S/C13H22N2O/c1-3-5-6-9-16-13-7-8-15-11-12(13)10-14-4-2/h7-8,11,14H,3-6,9-10H2,1-2H3. The normalized spacial score (nSPS) is 10.4. The van der Waals surface area contributed by atoms with Gasteiger partial charge < -0.3 is 10.1 Å². The number of rotatable bonds is 8. The molecule has 0 aliphatic carbocycles. The van der Waals surface area contributed by atoms with Crippen LogP contribution < -0.4 is 10.1 Å². The largest absolute Gasteiger partial charge is 0.493 e. The fourth-order valence-corrected chi connectivity index (χ4v) is 1.48. The Kier molecular flexibility index (Phi) is 6.58. The summed E-state index contributed by atoms with van der Waals surface area (Å²) in [6.07, 6.45) is 7.24. The topological polar surface area (TPSA) is 34.1 Å². The van der Waals surface area contributed by atoms with Gasteiger partial charge >= 0.3 is 0 Å². The molecular formula is C13H22N2O. The lowest BCUT2D eigenvalue weighted by Crippen LogP contribution is -2.13. The van der Waals surface area contributed by atoms with Crippen molar-refractivity contribution >= 4 is 0 Å². The zero-order valence-electron chi connectivity index (χ0n) is 10.3. The van der Waals surface area contributed by atoms with E-state index in [4.69, 9.17) is 4.74 Å². The quantitative estimate of drug-likeness (QED) is 0.687. The molecule has 0 saturated carbocycles. The fraction of sp³-hybridized carbons (Fsp3) is 0.615. The second-order valence-electron chi connectivity index (χ2n) is 3.82. The third-order valence-corrected chi connectivity index (χ3v) is 2.43. The van der Waals surface area contributed by atoms with Crippen molar-refractivity contribution in [2.45, 2.75) is 39.7 Å². The van der Waals surface area contributed by atoms with Crippen LogP contribution in [-0.2, 0) is 6.54 Å². The number of pyridine rings is 1. The van der Waals surface area contributed by atoms with E-state index in [9.17, 15) is 0 Å². The van der Waals surface area contributed by atoms with Crippen LogP contribution in [0, 0.1) is 0 Å². The summed E-state index contributed by atoms with van der Waals surface area (Å²) in [5.41, 5.74) is 1.14. The van der Waals surface area contributed by atoms with Crippen molar-refractivity contribution in [3.63, 3.8) is 0 Å². The third-order valence-electron chi connectivity index (χ3n) is 2.43. The number of unbranched alkanes of at least 4 members (excludes halogenated alkanes) is 2. The minimum Gasteiger partial charge on any atom is -0.493 e. The number of hydrogen-bond acceptors (Lipinski definition) is 3. The second-order valence-corrected chi connectivity index (χ2v) is 3.82. The van der Waals surface area contributed by atoms with Crippen LogP contribution in [0.3, 0.4) is 0 Å². The summed E-state index contributed by atoms with van der Waals surface area (Å²) in [6, 6.07) is 1.94. The average molecular weight is 222 g/mol. The van der Waals surface area contributed by atoms with Gasteiger partial charge in [-0.25, -0.2) is 0 Å². The van der Waals surface area contributed by atoms with Crippen LogP contribution in [0.2, 0.25) is 0 Å². The summed E-state index contributed by atoms with van der Waals surface area (Å²) in [5, 5.41) is 3.29. The molecule has 1 rings (SSSR count). The van der Waals surface area contributed by atoms with Crippen molar-refractivity contribution in [1.82, 2.24) is 10.3 Å². The van der Waals surface area contributed by atoms with E-state index in [-0.39, 0.29) is 0 Å². The van der Waals surface area contributed by atoms with Gasteiger partial charge in [-0.3, -0.25) is 4.98 Å². The summed E-state index contributed by atoms with van der Waals surface area (Å²) >= 11 is 0. The highest BCUT2D eigenvalue weighted by Crippen LogP contribution is 2.16. The van der Waals surface area contributed by atoms with Crippen LogP contribution in [0.5, 0.6) is 5.75 Å². The zero-order chi connectivity index (χ0) is 11.6. The van der Waals surface area contributed by atoms with Crippen LogP contribution in [0.4, 0.5) is 0 Å². The monoisotopic (exact) mass is 222 g/mol. The first-order valence-electron chi connectivity index (χ1n) is 6.14. The summed E-state index contributed by atoms with van der Waals surface area (Å²) in [5.74, 6) is 0.965. The van der Waals surface area contributed by atoms with Gasteiger partial charge in [0.05, 0.1) is 6.61 Å². The Balaban J connectivity index is 2.43.